The van der Waals surface area contributed by atoms with Crippen molar-refractivity contribution in [1.82, 2.24) is 4.57 Å². The monoisotopic (exact) mass is 497 g/mol. The maximum absolute atomic E-state index is 2.37. The Morgan fingerprint density at radius 2 is 1.00 bits per heavy atom. The molecule has 1 unspecified atom stereocenters. The summed E-state index contributed by atoms with van der Waals surface area (Å²) in [6.45, 7) is 0. The van der Waals surface area contributed by atoms with E-state index in [2.05, 4.69) is 150 Å². The molecule has 0 fully saturated rings. The summed E-state index contributed by atoms with van der Waals surface area (Å²) in [5.74, 6) is 0.378. The SMILES string of the molecule is c1ccc2c(c1)CC(c1ccc(-c3ccc(-n4c5ccccc5c5ccccc54)cc3)cc1)c1ccccc1-2. The van der Waals surface area contributed by atoms with E-state index in [0.29, 0.717) is 5.92 Å². The second-order valence-electron chi connectivity index (χ2n) is 10.5. The fraction of sp³-hybridized carbons (Fsp3) is 0.0526. The second kappa shape index (κ2) is 8.85. The Balaban J connectivity index is 1.14. The molecule has 1 heteroatoms. The molecule has 0 spiro atoms. The van der Waals surface area contributed by atoms with E-state index in [4.69, 9.17) is 0 Å². The van der Waals surface area contributed by atoms with E-state index in [0.717, 1.165) is 6.42 Å². The minimum absolute atomic E-state index is 0.378. The highest BCUT2D eigenvalue weighted by atomic mass is 15.0. The van der Waals surface area contributed by atoms with Crippen LogP contribution in [-0.4, -0.2) is 4.57 Å². The van der Waals surface area contributed by atoms with Crippen molar-refractivity contribution in [3.05, 3.63) is 162 Å². The lowest BCUT2D eigenvalue weighted by molar-refractivity contribution is 0.794. The summed E-state index contributed by atoms with van der Waals surface area (Å²) in [6, 6.07) is 53.3. The van der Waals surface area contributed by atoms with Gasteiger partial charge in [-0.15, -0.1) is 0 Å². The van der Waals surface area contributed by atoms with Crippen molar-refractivity contribution in [3.63, 3.8) is 0 Å². The maximum Gasteiger partial charge on any atom is 0.0541 e. The van der Waals surface area contributed by atoms with Gasteiger partial charge in [0, 0.05) is 22.4 Å². The summed E-state index contributed by atoms with van der Waals surface area (Å²) in [6.07, 6.45) is 1.04. The number of fused-ring (bicyclic) bond motifs is 6. The molecule has 1 atom stereocenters. The third-order valence-corrected chi connectivity index (χ3v) is 8.42. The summed E-state index contributed by atoms with van der Waals surface area (Å²) in [5, 5.41) is 2.58. The Kier molecular flexibility index (Phi) is 5.03. The Morgan fingerprint density at radius 3 is 1.69 bits per heavy atom. The summed E-state index contributed by atoms with van der Waals surface area (Å²) in [7, 11) is 0. The molecule has 184 valence electrons. The number of aromatic nitrogens is 1. The smallest absolute Gasteiger partial charge is 0.0541 e. The van der Waals surface area contributed by atoms with E-state index in [1.807, 2.05) is 0 Å². The lowest BCUT2D eigenvalue weighted by Crippen LogP contribution is -2.12. The van der Waals surface area contributed by atoms with E-state index < -0.39 is 0 Å². The molecule has 7 aromatic rings. The number of rotatable bonds is 3. The molecular weight excluding hydrogens is 470 g/mol. The van der Waals surface area contributed by atoms with Crippen LogP contribution < -0.4 is 0 Å². The Labute approximate surface area is 228 Å². The lowest BCUT2D eigenvalue weighted by atomic mass is 9.75. The van der Waals surface area contributed by atoms with E-state index in [1.54, 1.807) is 0 Å². The molecule has 1 aliphatic rings. The first-order valence-electron chi connectivity index (χ1n) is 13.7. The zero-order chi connectivity index (χ0) is 25.8. The van der Waals surface area contributed by atoms with Crippen LogP contribution in [-0.2, 0) is 6.42 Å². The van der Waals surface area contributed by atoms with Crippen LogP contribution in [0, 0.1) is 0 Å². The van der Waals surface area contributed by atoms with Gasteiger partial charge in [-0.3, -0.25) is 0 Å². The molecule has 0 radical (unpaired) electrons. The van der Waals surface area contributed by atoms with Gasteiger partial charge in [-0.1, -0.05) is 121 Å². The van der Waals surface area contributed by atoms with Gasteiger partial charge in [0.05, 0.1) is 11.0 Å². The molecule has 0 saturated heterocycles. The van der Waals surface area contributed by atoms with Gasteiger partial charge < -0.3 is 4.57 Å². The largest absolute Gasteiger partial charge is 0.309 e. The van der Waals surface area contributed by atoms with Gasteiger partial charge >= 0.3 is 0 Å². The van der Waals surface area contributed by atoms with Crippen LogP contribution in [0.3, 0.4) is 0 Å². The molecule has 0 amide bonds. The third kappa shape index (κ3) is 3.55. The van der Waals surface area contributed by atoms with Crippen molar-refractivity contribution < 1.29 is 0 Å². The average Bonchev–Trinajstić information content (AvgIpc) is 3.35. The highest BCUT2D eigenvalue weighted by Gasteiger charge is 2.25. The minimum atomic E-state index is 0.378. The van der Waals surface area contributed by atoms with Gasteiger partial charge in [0.1, 0.15) is 0 Å². The Hall–Kier alpha value is -4.88. The molecule has 1 aliphatic carbocycles. The van der Waals surface area contributed by atoms with Crippen LogP contribution >= 0.6 is 0 Å². The summed E-state index contributed by atoms with van der Waals surface area (Å²) in [5.41, 5.74) is 13.1. The number of hydrogen-bond acceptors (Lipinski definition) is 0. The highest BCUT2D eigenvalue weighted by molar-refractivity contribution is 6.09. The first kappa shape index (κ1) is 22.1. The van der Waals surface area contributed by atoms with Gasteiger partial charge in [-0.25, -0.2) is 0 Å². The van der Waals surface area contributed by atoms with Gasteiger partial charge in [0.15, 0.2) is 0 Å². The van der Waals surface area contributed by atoms with Gasteiger partial charge in [-0.2, -0.15) is 0 Å². The molecule has 1 nitrogen and oxygen atoms in total. The predicted molar refractivity (Wildman–Crippen MR) is 164 cm³/mol. The van der Waals surface area contributed by atoms with Crippen molar-refractivity contribution in [2.75, 3.05) is 0 Å². The molecule has 8 rings (SSSR count). The molecule has 1 aromatic heterocycles. The summed E-state index contributed by atoms with van der Waals surface area (Å²) < 4.78 is 2.37. The van der Waals surface area contributed by atoms with E-state index >= 15 is 0 Å². The zero-order valence-electron chi connectivity index (χ0n) is 21.6. The van der Waals surface area contributed by atoms with Crippen LogP contribution in [0.4, 0.5) is 0 Å². The van der Waals surface area contributed by atoms with Crippen molar-refractivity contribution in [1.29, 1.82) is 0 Å². The quantitative estimate of drug-likeness (QED) is 0.229. The van der Waals surface area contributed by atoms with Crippen molar-refractivity contribution in [3.8, 4) is 27.9 Å². The number of nitrogens with zero attached hydrogens (tertiary/aromatic N) is 1. The molecule has 0 aliphatic heterocycles. The van der Waals surface area contributed by atoms with Crippen molar-refractivity contribution in [2.45, 2.75) is 12.3 Å². The normalized spacial score (nSPS) is 14.3. The molecule has 0 bridgehead atoms. The van der Waals surface area contributed by atoms with Crippen LogP contribution in [0.1, 0.15) is 22.6 Å². The van der Waals surface area contributed by atoms with Crippen LogP contribution in [0.5, 0.6) is 0 Å². The fourth-order valence-corrected chi connectivity index (χ4v) is 6.55. The standard InChI is InChI=1S/C38H27N/c1-2-10-31-29(9-1)25-36(33-12-4-3-11-32(31)33)28-19-17-26(18-20-28)27-21-23-30(24-22-27)39-37-15-7-5-13-34(37)35-14-6-8-16-38(35)39/h1-24,36H,25H2. The second-order valence-corrected chi connectivity index (χ2v) is 10.5. The maximum atomic E-state index is 2.37. The van der Waals surface area contributed by atoms with Crippen molar-refractivity contribution in [2.24, 2.45) is 0 Å². The first-order chi connectivity index (χ1) is 19.3. The highest BCUT2D eigenvalue weighted by Crippen LogP contribution is 2.43. The minimum Gasteiger partial charge on any atom is -0.309 e. The van der Waals surface area contributed by atoms with E-state index in [1.165, 1.54) is 66.4 Å². The number of benzene rings is 6. The molecule has 6 aromatic carbocycles. The van der Waals surface area contributed by atoms with Gasteiger partial charge in [0.2, 0.25) is 0 Å². The first-order valence-corrected chi connectivity index (χ1v) is 13.7. The number of hydrogen-bond donors (Lipinski definition) is 0. The Bertz CT molecular complexity index is 1920. The predicted octanol–water partition coefficient (Wildman–Crippen LogP) is 9.81. The van der Waals surface area contributed by atoms with Crippen LogP contribution in [0.15, 0.2) is 146 Å². The van der Waals surface area contributed by atoms with E-state index in [9.17, 15) is 0 Å². The average molecular weight is 498 g/mol. The zero-order valence-corrected chi connectivity index (χ0v) is 21.6. The van der Waals surface area contributed by atoms with Gasteiger partial charge in [-0.05, 0) is 69.6 Å². The molecule has 0 saturated carbocycles. The fourth-order valence-electron chi connectivity index (χ4n) is 6.55. The van der Waals surface area contributed by atoms with Crippen molar-refractivity contribution >= 4 is 21.8 Å². The van der Waals surface area contributed by atoms with Crippen LogP contribution in [0.2, 0.25) is 0 Å². The van der Waals surface area contributed by atoms with Gasteiger partial charge in [0.25, 0.3) is 0 Å². The Morgan fingerprint density at radius 1 is 0.462 bits per heavy atom. The summed E-state index contributed by atoms with van der Waals surface area (Å²) >= 11 is 0. The topological polar surface area (TPSA) is 4.93 Å². The molecule has 39 heavy (non-hydrogen) atoms. The molecular formula is C38H27N. The van der Waals surface area contributed by atoms with Crippen LogP contribution in [0.25, 0.3) is 49.7 Å². The number of para-hydroxylation sites is 2. The molecule has 1 heterocycles. The summed E-state index contributed by atoms with van der Waals surface area (Å²) in [4.78, 5) is 0. The third-order valence-electron chi connectivity index (χ3n) is 8.42. The van der Waals surface area contributed by atoms with E-state index in [-0.39, 0.29) is 0 Å². The molecule has 0 N–H and O–H groups in total. The lowest BCUT2D eigenvalue weighted by Gasteiger charge is -2.28.